The number of piperidine rings is 1. The van der Waals surface area contributed by atoms with Crippen LogP contribution in [0.15, 0.2) is 33.7 Å². The Kier molecular flexibility index (Phi) is 5.43. The van der Waals surface area contributed by atoms with Gasteiger partial charge in [0.25, 0.3) is 0 Å². The number of aryl methyl sites for hydroxylation is 2. The third-order valence-electron chi connectivity index (χ3n) is 4.61. The van der Waals surface area contributed by atoms with Crippen molar-refractivity contribution in [3.8, 4) is 0 Å². The molecule has 1 aromatic heterocycles. The highest BCUT2D eigenvalue weighted by molar-refractivity contribution is 7.89. The van der Waals surface area contributed by atoms with Crippen molar-refractivity contribution < 1.29 is 17.7 Å². The summed E-state index contributed by atoms with van der Waals surface area (Å²) >= 11 is 0. The van der Waals surface area contributed by atoms with E-state index in [0.717, 1.165) is 24.8 Å². The van der Waals surface area contributed by atoms with Crippen molar-refractivity contribution in [3.05, 3.63) is 41.3 Å². The molecule has 1 N–H and O–H groups in total. The summed E-state index contributed by atoms with van der Waals surface area (Å²) in [7, 11) is -3.46. The number of hydrogen-bond donors (Lipinski definition) is 1. The zero-order valence-corrected chi connectivity index (χ0v) is 15.8. The van der Waals surface area contributed by atoms with Crippen molar-refractivity contribution in [2.24, 2.45) is 0 Å². The smallest absolute Gasteiger partial charge is 0.243 e. The first-order valence-electron chi connectivity index (χ1n) is 8.70. The van der Waals surface area contributed by atoms with Gasteiger partial charge < -0.3 is 9.84 Å². The minimum atomic E-state index is -3.46. The lowest BCUT2D eigenvalue weighted by atomic mass is 10.1. The Bertz CT molecular complexity index is 862. The van der Waals surface area contributed by atoms with Crippen LogP contribution < -0.4 is 5.32 Å². The number of hydrogen-bond acceptors (Lipinski definition) is 5. The predicted molar refractivity (Wildman–Crippen MR) is 97.4 cm³/mol. The van der Waals surface area contributed by atoms with Crippen LogP contribution in [0.1, 0.15) is 36.3 Å². The summed E-state index contributed by atoms with van der Waals surface area (Å²) in [5, 5.41) is 6.61. The van der Waals surface area contributed by atoms with Gasteiger partial charge in [-0.15, -0.1) is 0 Å². The summed E-state index contributed by atoms with van der Waals surface area (Å²) in [6, 6.07) is 6.30. The molecule has 26 heavy (non-hydrogen) atoms. The molecule has 1 fully saturated rings. The first-order valence-corrected chi connectivity index (χ1v) is 10.1. The van der Waals surface area contributed by atoms with E-state index in [9.17, 15) is 13.2 Å². The van der Waals surface area contributed by atoms with Crippen LogP contribution in [0.5, 0.6) is 0 Å². The highest BCUT2D eigenvalue weighted by atomic mass is 32.2. The van der Waals surface area contributed by atoms with Gasteiger partial charge in [-0.25, -0.2) is 8.42 Å². The van der Waals surface area contributed by atoms with Crippen LogP contribution in [-0.2, 0) is 21.2 Å². The lowest BCUT2D eigenvalue weighted by Gasteiger charge is -2.25. The number of rotatable bonds is 5. The molecule has 1 aromatic carbocycles. The van der Waals surface area contributed by atoms with Gasteiger partial charge in [-0.1, -0.05) is 11.6 Å². The van der Waals surface area contributed by atoms with Crippen LogP contribution >= 0.6 is 0 Å². The molecule has 1 amide bonds. The predicted octanol–water partition coefficient (Wildman–Crippen LogP) is 2.65. The Labute approximate surface area is 153 Å². The molecule has 7 nitrogen and oxygen atoms in total. The van der Waals surface area contributed by atoms with Crippen LogP contribution in [0, 0.1) is 13.8 Å². The topological polar surface area (TPSA) is 92.5 Å². The van der Waals surface area contributed by atoms with Crippen LogP contribution in [0.25, 0.3) is 0 Å². The van der Waals surface area contributed by atoms with E-state index in [4.69, 9.17) is 4.52 Å². The Morgan fingerprint density at radius 1 is 1.15 bits per heavy atom. The van der Waals surface area contributed by atoms with Gasteiger partial charge in [0.15, 0.2) is 0 Å². The molecule has 1 saturated heterocycles. The third-order valence-corrected chi connectivity index (χ3v) is 6.52. The molecule has 2 heterocycles. The summed E-state index contributed by atoms with van der Waals surface area (Å²) in [5.41, 5.74) is 2.02. The maximum atomic E-state index is 12.6. The summed E-state index contributed by atoms with van der Waals surface area (Å²) < 4.78 is 31.8. The first-order chi connectivity index (χ1) is 12.4. The SMILES string of the molecule is Cc1noc(C)c1CC(=O)Nc1ccc(S(=O)(=O)N2CCCCC2)cc1. The number of amides is 1. The van der Waals surface area contributed by atoms with Gasteiger partial charge in [0.2, 0.25) is 15.9 Å². The number of aromatic nitrogens is 1. The fraction of sp³-hybridized carbons (Fsp3) is 0.444. The van der Waals surface area contributed by atoms with E-state index in [1.807, 2.05) is 0 Å². The second kappa shape index (κ2) is 7.59. The zero-order chi connectivity index (χ0) is 18.7. The van der Waals surface area contributed by atoms with Gasteiger partial charge >= 0.3 is 0 Å². The molecule has 8 heteroatoms. The zero-order valence-electron chi connectivity index (χ0n) is 15.0. The number of nitrogens with one attached hydrogen (secondary N) is 1. The Morgan fingerprint density at radius 3 is 2.38 bits per heavy atom. The standard InChI is InChI=1S/C18H23N3O4S/c1-13-17(14(2)25-20-13)12-18(22)19-15-6-8-16(9-7-15)26(23,24)21-10-4-3-5-11-21/h6-9H,3-5,10-12H2,1-2H3,(H,19,22). The second-order valence-electron chi connectivity index (χ2n) is 6.52. The molecule has 140 valence electrons. The minimum Gasteiger partial charge on any atom is -0.361 e. The molecule has 1 aliphatic rings. The Morgan fingerprint density at radius 2 is 1.81 bits per heavy atom. The van der Waals surface area contributed by atoms with Gasteiger partial charge in [-0.2, -0.15) is 4.31 Å². The molecule has 1 aliphatic heterocycles. The van der Waals surface area contributed by atoms with Crippen LogP contribution in [0.4, 0.5) is 5.69 Å². The average molecular weight is 377 g/mol. The van der Waals surface area contributed by atoms with Gasteiger partial charge in [0.05, 0.1) is 17.0 Å². The van der Waals surface area contributed by atoms with Gasteiger partial charge in [0.1, 0.15) is 5.76 Å². The maximum absolute atomic E-state index is 12.6. The van der Waals surface area contributed by atoms with Crippen molar-refractivity contribution in [1.82, 2.24) is 9.46 Å². The van der Waals surface area contributed by atoms with Crippen LogP contribution in [-0.4, -0.2) is 36.9 Å². The molecule has 0 bridgehead atoms. The van der Waals surface area contributed by atoms with Crippen molar-refractivity contribution >= 4 is 21.6 Å². The fourth-order valence-electron chi connectivity index (χ4n) is 3.08. The lowest BCUT2D eigenvalue weighted by Crippen LogP contribution is -2.35. The van der Waals surface area contributed by atoms with E-state index in [2.05, 4.69) is 10.5 Å². The molecule has 2 aromatic rings. The van der Waals surface area contributed by atoms with Gasteiger partial charge in [0, 0.05) is 24.3 Å². The molecule has 0 unspecified atom stereocenters. The van der Waals surface area contributed by atoms with E-state index in [-0.39, 0.29) is 17.2 Å². The maximum Gasteiger partial charge on any atom is 0.243 e. The van der Waals surface area contributed by atoms with Crippen LogP contribution in [0.3, 0.4) is 0 Å². The third kappa shape index (κ3) is 3.96. The van der Waals surface area contributed by atoms with Crippen molar-refractivity contribution in [3.63, 3.8) is 0 Å². The van der Waals surface area contributed by atoms with Gasteiger partial charge in [-0.05, 0) is 51.0 Å². The second-order valence-corrected chi connectivity index (χ2v) is 8.45. The highest BCUT2D eigenvalue weighted by Gasteiger charge is 2.25. The Hall–Kier alpha value is -2.19. The number of sulfonamides is 1. The largest absolute Gasteiger partial charge is 0.361 e. The van der Waals surface area contributed by atoms with Crippen molar-refractivity contribution in [1.29, 1.82) is 0 Å². The Balaban J connectivity index is 1.66. The van der Waals surface area contributed by atoms with Crippen molar-refractivity contribution in [2.75, 3.05) is 18.4 Å². The normalized spacial score (nSPS) is 15.8. The summed E-state index contributed by atoms with van der Waals surface area (Å²) in [6.07, 6.45) is 3.03. The van der Waals surface area contributed by atoms with Crippen molar-refractivity contribution in [2.45, 2.75) is 44.4 Å². The number of carbonyl (C=O) groups excluding carboxylic acids is 1. The van der Waals surface area contributed by atoms with E-state index in [0.29, 0.717) is 30.2 Å². The van der Waals surface area contributed by atoms with E-state index in [1.54, 1.807) is 26.0 Å². The molecule has 0 aliphatic carbocycles. The molecular weight excluding hydrogens is 354 g/mol. The van der Waals surface area contributed by atoms with Gasteiger partial charge in [-0.3, -0.25) is 4.79 Å². The fourth-order valence-corrected chi connectivity index (χ4v) is 4.60. The van der Waals surface area contributed by atoms with E-state index in [1.165, 1.54) is 16.4 Å². The summed E-state index contributed by atoms with van der Waals surface area (Å²) in [4.78, 5) is 12.5. The number of benzene rings is 1. The number of nitrogens with zero attached hydrogens (tertiary/aromatic N) is 2. The van der Waals surface area contributed by atoms with E-state index >= 15 is 0 Å². The monoisotopic (exact) mass is 377 g/mol. The lowest BCUT2D eigenvalue weighted by molar-refractivity contribution is -0.115. The number of anilines is 1. The highest BCUT2D eigenvalue weighted by Crippen LogP contribution is 2.22. The number of carbonyl (C=O) groups is 1. The minimum absolute atomic E-state index is 0.162. The molecule has 3 rings (SSSR count). The molecule has 0 atom stereocenters. The quantitative estimate of drug-likeness (QED) is 0.865. The summed E-state index contributed by atoms with van der Waals surface area (Å²) in [6.45, 7) is 4.69. The van der Waals surface area contributed by atoms with Crippen LogP contribution in [0.2, 0.25) is 0 Å². The summed E-state index contributed by atoms with van der Waals surface area (Å²) in [5.74, 6) is 0.423. The molecule has 0 saturated carbocycles. The molecule has 0 radical (unpaired) electrons. The molecule has 0 spiro atoms. The average Bonchev–Trinajstić information content (AvgIpc) is 2.95. The molecular formula is C18H23N3O4S. The first kappa shape index (κ1) is 18.6. The van der Waals surface area contributed by atoms with E-state index < -0.39 is 10.0 Å².